The molecule has 1 aliphatic heterocycles. The third kappa shape index (κ3) is 6.07. The highest BCUT2D eigenvalue weighted by Crippen LogP contribution is 2.43. The second kappa shape index (κ2) is 12.4. The number of aromatic nitrogens is 4. The molecule has 0 unspecified atom stereocenters. The number of thioether (sulfide) groups is 1. The van der Waals surface area contributed by atoms with Crippen molar-refractivity contribution in [1.82, 2.24) is 19.5 Å². The van der Waals surface area contributed by atoms with Crippen LogP contribution >= 0.6 is 11.8 Å². The van der Waals surface area contributed by atoms with Gasteiger partial charge in [-0.3, -0.25) is 9.78 Å². The lowest BCUT2D eigenvalue weighted by Crippen LogP contribution is -2.38. The first-order chi connectivity index (χ1) is 20.5. The number of ether oxygens (including phenoxy) is 2. The van der Waals surface area contributed by atoms with Gasteiger partial charge >= 0.3 is 0 Å². The molecule has 3 aromatic carbocycles. The van der Waals surface area contributed by atoms with Gasteiger partial charge in [0.25, 0.3) is 5.91 Å². The Morgan fingerprint density at radius 2 is 1.81 bits per heavy atom. The van der Waals surface area contributed by atoms with E-state index in [9.17, 15) is 9.90 Å². The molecule has 1 saturated heterocycles. The van der Waals surface area contributed by atoms with Crippen LogP contribution < -0.4 is 5.32 Å². The van der Waals surface area contributed by atoms with Crippen molar-refractivity contribution in [3.05, 3.63) is 114 Å². The van der Waals surface area contributed by atoms with Crippen LogP contribution in [-0.2, 0) is 23.1 Å². The summed E-state index contributed by atoms with van der Waals surface area (Å²) in [6.45, 7) is 2.12. The Labute approximate surface area is 247 Å². The number of rotatable bonds is 8. The molecule has 0 radical (unpaired) electrons. The van der Waals surface area contributed by atoms with Crippen LogP contribution in [0.15, 0.2) is 96.5 Å². The molecule has 0 aliphatic carbocycles. The molecule has 2 aromatic heterocycles. The molecule has 0 bridgehead atoms. The Morgan fingerprint density at radius 1 is 1.00 bits per heavy atom. The fourth-order valence-corrected chi connectivity index (χ4v) is 6.08. The molecule has 1 fully saturated rings. The number of imidazole rings is 1. The number of aliphatic hydroxyl groups excluding tert-OH is 1. The summed E-state index contributed by atoms with van der Waals surface area (Å²) < 4.78 is 15.1. The smallest absolute Gasteiger partial charge is 0.275 e. The molecule has 0 spiro atoms. The topological polar surface area (TPSA) is 111 Å². The second-order valence-electron chi connectivity index (χ2n) is 10.3. The van der Waals surface area contributed by atoms with Crippen LogP contribution in [0.1, 0.15) is 46.5 Å². The Kier molecular flexibility index (Phi) is 8.29. The summed E-state index contributed by atoms with van der Waals surface area (Å²) in [6, 6.07) is 22.7. The Balaban J connectivity index is 1.24. The molecular weight excluding hydrogens is 550 g/mol. The maximum absolute atomic E-state index is 13.1. The van der Waals surface area contributed by atoms with Crippen LogP contribution in [0.4, 0.5) is 5.69 Å². The minimum Gasteiger partial charge on any atom is -0.392 e. The van der Waals surface area contributed by atoms with Crippen molar-refractivity contribution in [3.63, 3.8) is 0 Å². The van der Waals surface area contributed by atoms with Crippen molar-refractivity contribution in [3.8, 4) is 0 Å². The van der Waals surface area contributed by atoms with Crippen molar-refractivity contribution >= 4 is 34.4 Å². The van der Waals surface area contributed by atoms with Gasteiger partial charge in [-0.05, 0) is 35.4 Å². The lowest BCUT2D eigenvalue weighted by molar-refractivity contribution is -0.268. The standard InChI is InChI=1S/C32H31N5O4S/c1-20-28(19-42-32-33-14-15-37(32)2)40-31(41-29(20)22-12-10-21(18-38)11-13-22)23-6-5-7-24(16-23)35-30(39)27-17-34-25-8-3-4-9-26(25)36-27/h3-17,20,28-29,31,38H,18-19H2,1-2H3,(H,35,39)/t20-,28+,29+,31+/m1/s1. The maximum atomic E-state index is 13.1. The number of aryl methyl sites for hydroxylation is 1. The van der Waals surface area contributed by atoms with Gasteiger partial charge in [-0.25, -0.2) is 9.97 Å². The van der Waals surface area contributed by atoms with Crippen molar-refractivity contribution in [1.29, 1.82) is 0 Å². The summed E-state index contributed by atoms with van der Waals surface area (Å²) in [5.41, 5.74) is 4.86. The van der Waals surface area contributed by atoms with Gasteiger partial charge in [-0.15, -0.1) is 0 Å². The van der Waals surface area contributed by atoms with Crippen molar-refractivity contribution < 1.29 is 19.4 Å². The lowest BCUT2D eigenvalue weighted by atomic mass is 9.91. The normalized spacial score (nSPS) is 20.5. The number of benzene rings is 3. The van der Waals surface area contributed by atoms with E-state index in [4.69, 9.17) is 9.47 Å². The molecule has 214 valence electrons. The summed E-state index contributed by atoms with van der Waals surface area (Å²) in [4.78, 5) is 26.3. The zero-order valence-electron chi connectivity index (χ0n) is 23.3. The average Bonchev–Trinajstić information content (AvgIpc) is 3.44. The van der Waals surface area contributed by atoms with Crippen molar-refractivity contribution in [2.45, 2.75) is 37.2 Å². The van der Waals surface area contributed by atoms with E-state index in [2.05, 4.69) is 27.2 Å². The number of amides is 1. The monoisotopic (exact) mass is 581 g/mol. The first-order valence-corrected chi connectivity index (χ1v) is 14.7. The van der Waals surface area contributed by atoms with Crippen LogP contribution in [0.25, 0.3) is 11.0 Å². The summed E-state index contributed by atoms with van der Waals surface area (Å²) in [5, 5.41) is 13.4. The molecular formula is C32H31N5O4S. The molecule has 5 aromatic rings. The van der Waals surface area contributed by atoms with Crippen LogP contribution in [0, 0.1) is 5.92 Å². The molecule has 6 rings (SSSR count). The molecule has 0 saturated carbocycles. The van der Waals surface area contributed by atoms with E-state index in [-0.39, 0.29) is 36.3 Å². The third-order valence-corrected chi connectivity index (χ3v) is 8.52. The van der Waals surface area contributed by atoms with E-state index in [1.54, 1.807) is 18.0 Å². The minimum atomic E-state index is -0.659. The van der Waals surface area contributed by atoms with E-state index in [1.807, 2.05) is 90.6 Å². The number of aliphatic hydroxyl groups is 1. The molecule has 4 atom stereocenters. The third-order valence-electron chi connectivity index (χ3n) is 7.37. The molecule has 1 amide bonds. The first-order valence-electron chi connectivity index (χ1n) is 13.7. The fraction of sp³-hybridized carbons (Fsp3) is 0.250. The van der Waals surface area contributed by atoms with E-state index >= 15 is 0 Å². The van der Waals surface area contributed by atoms with E-state index in [0.717, 1.165) is 27.4 Å². The van der Waals surface area contributed by atoms with Gasteiger partial charge in [-0.1, -0.05) is 67.2 Å². The number of hydrogen-bond acceptors (Lipinski definition) is 8. The van der Waals surface area contributed by atoms with Crippen LogP contribution in [0.5, 0.6) is 0 Å². The minimum absolute atomic E-state index is 0.0146. The summed E-state index contributed by atoms with van der Waals surface area (Å²) in [5.74, 6) is 0.382. The number of nitrogens with one attached hydrogen (secondary N) is 1. The van der Waals surface area contributed by atoms with Gasteiger partial charge in [0.05, 0.1) is 36.0 Å². The van der Waals surface area contributed by atoms with Gasteiger partial charge in [0.2, 0.25) is 0 Å². The number of hydrogen-bond donors (Lipinski definition) is 2. The predicted octanol–water partition coefficient (Wildman–Crippen LogP) is 5.69. The molecule has 10 heteroatoms. The number of fused-ring (bicyclic) bond motifs is 1. The molecule has 42 heavy (non-hydrogen) atoms. The van der Waals surface area contributed by atoms with Gasteiger partial charge < -0.3 is 24.5 Å². The average molecular weight is 582 g/mol. The number of nitrogens with zero attached hydrogens (tertiary/aromatic N) is 4. The molecule has 9 nitrogen and oxygen atoms in total. The Bertz CT molecular complexity index is 1690. The SMILES string of the molecule is C[C@@H]1[C@H](CSc2nccn2C)O[C@H](c2cccc(NC(=O)c3cnc4ccccc4n3)c2)O[C@@H]1c1ccc(CO)cc1. The second-order valence-corrected chi connectivity index (χ2v) is 11.3. The van der Waals surface area contributed by atoms with Gasteiger partial charge in [0.15, 0.2) is 11.4 Å². The predicted molar refractivity (Wildman–Crippen MR) is 161 cm³/mol. The molecule has 1 aliphatic rings. The van der Waals surface area contributed by atoms with Crippen molar-refractivity contribution in [2.24, 2.45) is 13.0 Å². The van der Waals surface area contributed by atoms with Crippen LogP contribution in [0.3, 0.4) is 0 Å². The number of carbonyl (C=O) groups is 1. The number of carbonyl (C=O) groups excluding carboxylic acids is 1. The lowest BCUT2D eigenvalue weighted by Gasteiger charge is -2.41. The van der Waals surface area contributed by atoms with Crippen LogP contribution in [0.2, 0.25) is 0 Å². The van der Waals surface area contributed by atoms with E-state index in [1.165, 1.54) is 6.20 Å². The van der Waals surface area contributed by atoms with E-state index < -0.39 is 6.29 Å². The maximum Gasteiger partial charge on any atom is 0.275 e. The van der Waals surface area contributed by atoms with Gasteiger partial charge in [-0.2, -0.15) is 0 Å². The molecule has 3 heterocycles. The Morgan fingerprint density at radius 3 is 2.57 bits per heavy atom. The van der Waals surface area contributed by atoms with Gasteiger partial charge in [0.1, 0.15) is 5.69 Å². The van der Waals surface area contributed by atoms with E-state index in [0.29, 0.717) is 17.0 Å². The highest BCUT2D eigenvalue weighted by Gasteiger charge is 2.38. The van der Waals surface area contributed by atoms with Crippen molar-refractivity contribution in [2.75, 3.05) is 11.1 Å². The quantitative estimate of drug-likeness (QED) is 0.225. The first kappa shape index (κ1) is 28.0. The highest BCUT2D eigenvalue weighted by molar-refractivity contribution is 7.99. The summed E-state index contributed by atoms with van der Waals surface area (Å²) in [6.07, 6.45) is 4.15. The summed E-state index contributed by atoms with van der Waals surface area (Å²) >= 11 is 1.64. The number of para-hydroxylation sites is 2. The zero-order valence-corrected chi connectivity index (χ0v) is 24.1. The largest absolute Gasteiger partial charge is 0.392 e. The molecule has 2 N–H and O–H groups in total. The van der Waals surface area contributed by atoms with Gasteiger partial charge in [0, 0.05) is 42.4 Å². The van der Waals surface area contributed by atoms with Crippen LogP contribution in [-0.4, -0.2) is 42.4 Å². The summed E-state index contributed by atoms with van der Waals surface area (Å²) in [7, 11) is 1.97. The highest BCUT2D eigenvalue weighted by atomic mass is 32.2. The number of anilines is 1. The zero-order chi connectivity index (χ0) is 29.1. The Hall–Kier alpha value is -4.09. The fourth-order valence-electron chi connectivity index (χ4n) is 4.98.